The summed E-state index contributed by atoms with van der Waals surface area (Å²) in [5.74, 6) is -3.41. The molecule has 38 heavy (non-hydrogen) atoms. The Kier molecular flexibility index (Phi) is 7.21. The van der Waals surface area contributed by atoms with Crippen LogP contribution < -0.4 is 15.5 Å². The molecule has 0 bridgehead atoms. The lowest BCUT2D eigenvalue weighted by Gasteiger charge is -2.41. The van der Waals surface area contributed by atoms with Gasteiger partial charge in [-0.15, -0.1) is 0 Å². The first kappa shape index (κ1) is 28.2. The highest BCUT2D eigenvalue weighted by atomic mass is 32.5. The minimum Gasteiger partial charge on any atom is -0.392 e. The van der Waals surface area contributed by atoms with Gasteiger partial charge in [-0.1, -0.05) is 44.8 Å². The largest absolute Gasteiger partial charge is 0.392 e. The molecule has 14 heteroatoms. The Hall–Kier alpha value is -2.84. The molecule has 2 fully saturated rings. The summed E-state index contributed by atoms with van der Waals surface area (Å²) in [6.45, 7) is 0.0156. The average molecular weight is 567 g/mol. The third-order valence-corrected chi connectivity index (χ3v) is 7.87. The number of benzene rings is 1. The van der Waals surface area contributed by atoms with Crippen LogP contribution in [-0.2, 0) is 9.59 Å². The van der Waals surface area contributed by atoms with Crippen LogP contribution in [0.1, 0.15) is 50.1 Å². The number of aliphatic hydroxyl groups is 1. The van der Waals surface area contributed by atoms with Crippen LogP contribution >= 0.6 is 10.2 Å². The molecule has 3 atom stereocenters. The molecule has 0 radical (unpaired) electrons. The van der Waals surface area contributed by atoms with Crippen molar-refractivity contribution in [2.45, 2.75) is 67.6 Å². The van der Waals surface area contributed by atoms with E-state index in [1.54, 1.807) is 0 Å². The van der Waals surface area contributed by atoms with Crippen LogP contribution in [0, 0.1) is 5.82 Å². The van der Waals surface area contributed by atoms with Gasteiger partial charge in [0.2, 0.25) is 11.8 Å². The molecule has 1 saturated heterocycles. The molecular weight excluding hydrogens is 538 g/mol. The minimum atomic E-state index is -10.2. The molecule has 1 aromatic heterocycles. The van der Waals surface area contributed by atoms with Crippen molar-refractivity contribution in [1.82, 2.24) is 15.6 Å². The van der Waals surface area contributed by atoms with E-state index in [0.29, 0.717) is 23.8 Å². The second-order valence-corrected chi connectivity index (χ2v) is 12.1. The smallest absolute Gasteiger partial charge is 0.310 e. The summed E-state index contributed by atoms with van der Waals surface area (Å²) in [5, 5.41) is 15.5. The number of pyridine rings is 1. The van der Waals surface area contributed by atoms with E-state index >= 15 is 4.39 Å². The maximum Gasteiger partial charge on any atom is 0.310 e. The fourth-order valence-corrected chi connectivity index (χ4v) is 5.51. The molecule has 2 amide bonds. The van der Waals surface area contributed by atoms with Crippen molar-refractivity contribution < 1.29 is 38.5 Å². The van der Waals surface area contributed by atoms with Gasteiger partial charge in [0.15, 0.2) is 0 Å². The molecule has 2 heterocycles. The Balaban J connectivity index is 1.82. The van der Waals surface area contributed by atoms with E-state index in [4.69, 9.17) is 0 Å². The molecule has 2 aliphatic rings. The van der Waals surface area contributed by atoms with Crippen molar-refractivity contribution in [3.05, 3.63) is 54.1 Å². The van der Waals surface area contributed by atoms with Gasteiger partial charge in [-0.25, -0.2) is 4.39 Å². The maximum absolute atomic E-state index is 15.3. The fraction of sp³-hybridized carbons (Fsp3) is 0.458. The van der Waals surface area contributed by atoms with Crippen molar-refractivity contribution in [1.29, 1.82) is 0 Å². The number of aliphatic hydroxyl groups excluding tert-OH is 1. The zero-order valence-electron chi connectivity index (χ0n) is 20.1. The average Bonchev–Trinajstić information content (AvgIpc) is 3.28. The second-order valence-electron chi connectivity index (χ2n) is 9.67. The van der Waals surface area contributed by atoms with Gasteiger partial charge in [-0.2, -0.15) is 0 Å². The number of aromatic nitrogens is 1. The summed E-state index contributed by atoms with van der Waals surface area (Å²) < 4.78 is 82.1. The van der Waals surface area contributed by atoms with Crippen LogP contribution in [0.25, 0.3) is 0 Å². The zero-order chi connectivity index (χ0) is 27.8. The highest BCUT2D eigenvalue weighted by Gasteiger charge is 2.65. The zero-order valence-corrected chi connectivity index (χ0v) is 21.0. The molecule has 1 aromatic carbocycles. The van der Waals surface area contributed by atoms with Crippen molar-refractivity contribution in [2.24, 2.45) is 0 Å². The number of hydrogen-bond donors (Lipinski definition) is 3. The Morgan fingerprint density at radius 2 is 1.82 bits per heavy atom. The van der Waals surface area contributed by atoms with Crippen molar-refractivity contribution in [2.75, 3.05) is 11.4 Å². The van der Waals surface area contributed by atoms with E-state index in [2.05, 4.69) is 15.6 Å². The summed E-state index contributed by atoms with van der Waals surface area (Å²) in [7, 11) is -10.2. The summed E-state index contributed by atoms with van der Waals surface area (Å²) in [4.78, 5) is 29.5. The molecule has 1 unspecified atom stereocenters. The van der Waals surface area contributed by atoms with Gasteiger partial charge in [0.1, 0.15) is 16.8 Å². The van der Waals surface area contributed by atoms with E-state index < -0.39 is 56.6 Å². The molecule has 210 valence electrons. The summed E-state index contributed by atoms with van der Waals surface area (Å²) >= 11 is 0. The Labute approximate surface area is 215 Å². The predicted molar refractivity (Wildman–Crippen MR) is 130 cm³/mol. The normalized spacial score (nSPS) is 23.2. The van der Waals surface area contributed by atoms with E-state index in [-0.39, 0.29) is 36.7 Å². The van der Waals surface area contributed by atoms with Crippen LogP contribution in [0.3, 0.4) is 0 Å². The van der Waals surface area contributed by atoms with Crippen LogP contribution in [0.4, 0.5) is 29.5 Å². The number of β-amino-alcohol motifs (C(OH)–C–C–N with tert-alkyl or cyclic N) is 1. The number of carbonyl (C=O) groups excluding carboxylic acids is 2. The van der Waals surface area contributed by atoms with Crippen LogP contribution in [0.15, 0.2) is 47.6 Å². The number of nitrogens with one attached hydrogen (secondary N) is 2. The SMILES string of the molecule is O=C(NC1CCCCC1)C(c1cccnc1)N(C(=O)[C@H]1C[C@@H](O)CN1)c1ccc(S(F)(F)(F)(F)F)cc1F. The molecule has 0 spiro atoms. The highest BCUT2D eigenvalue weighted by molar-refractivity contribution is 8.45. The first-order valence-corrected chi connectivity index (χ1v) is 14.1. The van der Waals surface area contributed by atoms with E-state index in [1.807, 2.05) is 0 Å². The number of nitrogens with zero attached hydrogens (tertiary/aromatic N) is 2. The van der Waals surface area contributed by atoms with E-state index in [9.17, 15) is 34.1 Å². The first-order chi connectivity index (χ1) is 17.6. The third-order valence-electron chi connectivity index (χ3n) is 6.73. The lowest BCUT2D eigenvalue weighted by Crippen LogP contribution is -2.51. The molecule has 1 saturated carbocycles. The standard InChI is InChI=1S/C24H28F6N4O3S/c25-19-12-18(38(26,27,28,29)30)8-9-21(19)34(24(37)20-11-17(35)14-32-20)22(15-5-4-10-31-13-15)23(36)33-16-6-2-1-3-7-16/h4-5,8-10,12-13,16-17,20,22,32,35H,1-3,6-7,11,14H2,(H,33,36)/t17-,20-,22?/m1/s1. The van der Waals surface area contributed by atoms with Gasteiger partial charge in [0.05, 0.1) is 17.8 Å². The molecular formula is C24H28F6N4O3S. The topological polar surface area (TPSA) is 94.6 Å². The quantitative estimate of drug-likeness (QED) is 0.405. The molecule has 1 aliphatic carbocycles. The molecule has 4 rings (SSSR count). The summed E-state index contributed by atoms with van der Waals surface area (Å²) in [6.07, 6.45) is 5.66. The van der Waals surface area contributed by atoms with Crippen LogP contribution in [0.2, 0.25) is 0 Å². The maximum atomic E-state index is 15.3. The van der Waals surface area contributed by atoms with Gasteiger partial charge < -0.3 is 15.7 Å². The first-order valence-electron chi connectivity index (χ1n) is 12.1. The van der Waals surface area contributed by atoms with Gasteiger partial charge in [0, 0.05) is 30.5 Å². The Morgan fingerprint density at radius 3 is 2.37 bits per heavy atom. The molecule has 1 aliphatic heterocycles. The van der Waals surface area contributed by atoms with Crippen molar-refractivity contribution in [3.63, 3.8) is 0 Å². The van der Waals surface area contributed by atoms with Gasteiger partial charge in [0.25, 0.3) is 0 Å². The Morgan fingerprint density at radius 1 is 1.11 bits per heavy atom. The number of amides is 2. The summed E-state index contributed by atoms with van der Waals surface area (Å²) in [6, 6.07) is 0.0198. The number of hydrogen-bond acceptors (Lipinski definition) is 5. The third kappa shape index (κ3) is 6.41. The molecule has 3 N–H and O–H groups in total. The minimum absolute atomic E-state index is 0.00346. The monoisotopic (exact) mass is 566 g/mol. The molecule has 7 nitrogen and oxygen atoms in total. The van der Waals surface area contributed by atoms with Crippen molar-refractivity contribution in [3.8, 4) is 0 Å². The van der Waals surface area contributed by atoms with E-state index in [0.717, 1.165) is 19.3 Å². The highest BCUT2D eigenvalue weighted by Crippen LogP contribution is 3.02. The predicted octanol–water partition coefficient (Wildman–Crippen LogP) is 5.12. The van der Waals surface area contributed by atoms with Gasteiger partial charge in [-0.3, -0.25) is 19.5 Å². The Bertz CT molecular complexity index is 1200. The lowest BCUT2D eigenvalue weighted by atomic mass is 9.94. The van der Waals surface area contributed by atoms with Crippen molar-refractivity contribution >= 4 is 27.7 Å². The molecule has 2 aromatic rings. The summed E-state index contributed by atoms with van der Waals surface area (Å²) in [5.41, 5.74) is -0.666. The van der Waals surface area contributed by atoms with Gasteiger partial charge >= 0.3 is 10.2 Å². The second kappa shape index (κ2) is 9.72. The van der Waals surface area contributed by atoms with Gasteiger partial charge in [-0.05, 0) is 43.5 Å². The van der Waals surface area contributed by atoms with Crippen LogP contribution in [-0.4, -0.2) is 46.6 Å². The van der Waals surface area contributed by atoms with Crippen LogP contribution in [0.5, 0.6) is 0 Å². The number of halogens is 6. The lowest BCUT2D eigenvalue weighted by molar-refractivity contribution is -0.128. The number of carbonyl (C=O) groups is 2. The van der Waals surface area contributed by atoms with E-state index in [1.165, 1.54) is 24.5 Å². The fourth-order valence-electron chi connectivity index (χ4n) is 4.86. The number of rotatable bonds is 7. The number of anilines is 1.